The third-order valence-electron chi connectivity index (χ3n) is 6.08. The van der Waals surface area contributed by atoms with Gasteiger partial charge in [-0.1, -0.05) is 43.9 Å². The Bertz CT molecular complexity index is 1190. The zero-order chi connectivity index (χ0) is 23.2. The van der Waals surface area contributed by atoms with Crippen LogP contribution in [0, 0.1) is 5.92 Å². The first-order chi connectivity index (χ1) is 15.9. The predicted molar refractivity (Wildman–Crippen MR) is 132 cm³/mol. The van der Waals surface area contributed by atoms with Crippen LogP contribution >= 0.6 is 24.0 Å². The summed E-state index contributed by atoms with van der Waals surface area (Å²) in [5.74, 6) is 0.179. The van der Waals surface area contributed by atoms with Crippen LogP contribution in [-0.2, 0) is 14.3 Å². The Hall–Kier alpha value is -2.27. The van der Waals surface area contributed by atoms with E-state index in [1.165, 1.54) is 16.2 Å². The van der Waals surface area contributed by atoms with Gasteiger partial charge >= 0.3 is 0 Å². The van der Waals surface area contributed by atoms with Crippen molar-refractivity contribution in [3.05, 3.63) is 45.2 Å². The van der Waals surface area contributed by atoms with Crippen LogP contribution in [0.25, 0.3) is 11.7 Å². The summed E-state index contributed by atoms with van der Waals surface area (Å²) in [6.45, 7) is 7.15. The summed E-state index contributed by atoms with van der Waals surface area (Å²) in [7, 11) is 0. The highest BCUT2D eigenvalue weighted by atomic mass is 32.2. The molecule has 1 spiro atoms. The molecular formula is C23H26N4O4S2. The van der Waals surface area contributed by atoms with Crippen molar-refractivity contribution >= 4 is 51.7 Å². The number of anilines is 1. The molecule has 3 aliphatic rings. The van der Waals surface area contributed by atoms with Crippen LogP contribution in [0.5, 0.6) is 0 Å². The van der Waals surface area contributed by atoms with E-state index in [9.17, 15) is 9.59 Å². The molecule has 3 saturated heterocycles. The summed E-state index contributed by atoms with van der Waals surface area (Å²) in [6, 6.07) is 5.46. The summed E-state index contributed by atoms with van der Waals surface area (Å²) in [5, 5.41) is 0. The number of carbonyl (C=O) groups is 1. The van der Waals surface area contributed by atoms with Crippen molar-refractivity contribution < 1.29 is 14.3 Å². The van der Waals surface area contributed by atoms with Crippen molar-refractivity contribution in [2.75, 3.05) is 37.7 Å². The Morgan fingerprint density at radius 1 is 1.21 bits per heavy atom. The van der Waals surface area contributed by atoms with Gasteiger partial charge in [-0.3, -0.25) is 18.9 Å². The largest absolute Gasteiger partial charge is 0.355 e. The topological polar surface area (TPSA) is 76.4 Å². The van der Waals surface area contributed by atoms with E-state index in [1.807, 2.05) is 26.0 Å². The second-order valence-corrected chi connectivity index (χ2v) is 10.5. The standard InChI is InChI=1S/C23H26N4O4S2/c1-15(2)14-27-21(29)17(33-22(27)32)13-16-19(24-18-5-3-4-8-26(18)20(16)28)25-9-6-23(7-10-25)30-11-12-31-23/h3-5,8,13,15H,6-7,9-12,14H2,1-2H3/b17-13+. The van der Waals surface area contributed by atoms with Crippen LogP contribution in [0.1, 0.15) is 32.3 Å². The van der Waals surface area contributed by atoms with E-state index in [4.69, 9.17) is 26.7 Å². The molecule has 0 unspecified atom stereocenters. The van der Waals surface area contributed by atoms with E-state index in [0.29, 0.717) is 71.9 Å². The van der Waals surface area contributed by atoms with Crippen LogP contribution in [0.2, 0.25) is 0 Å². The molecule has 8 nitrogen and oxygen atoms in total. The lowest BCUT2D eigenvalue weighted by Gasteiger charge is -2.38. The molecule has 0 saturated carbocycles. The number of fused-ring (bicyclic) bond motifs is 1. The monoisotopic (exact) mass is 486 g/mol. The third kappa shape index (κ3) is 4.21. The van der Waals surface area contributed by atoms with Crippen LogP contribution in [0.15, 0.2) is 34.1 Å². The van der Waals surface area contributed by atoms with E-state index in [1.54, 1.807) is 23.2 Å². The number of carbonyl (C=O) groups excluding carboxylic acids is 1. The lowest BCUT2D eigenvalue weighted by Crippen LogP contribution is -2.46. The maximum Gasteiger partial charge on any atom is 0.267 e. The first-order valence-corrected chi connectivity index (χ1v) is 12.4. The average molecular weight is 487 g/mol. The van der Waals surface area contributed by atoms with Crippen LogP contribution in [0.3, 0.4) is 0 Å². The quantitative estimate of drug-likeness (QED) is 0.482. The fraction of sp³-hybridized carbons (Fsp3) is 0.478. The molecule has 1 amide bonds. The zero-order valence-corrected chi connectivity index (χ0v) is 20.3. The lowest BCUT2D eigenvalue weighted by molar-refractivity contribution is -0.169. The minimum atomic E-state index is -0.526. The SMILES string of the molecule is CC(C)CN1C(=O)/C(=C\c2c(N3CCC4(CC3)OCCO4)nc3ccccn3c2=O)SC1=S. The number of rotatable bonds is 4. The molecule has 0 atom stereocenters. The van der Waals surface area contributed by atoms with E-state index in [-0.39, 0.29) is 17.4 Å². The minimum Gasteiger partial charge on any atom is -0.355 e. The summed E-state index contributed by atoms with van der Waals surface area (Å²) in [6.07, 6.45) is 4.75. The molecule has 174 valence electrons. The van der Waals surface area contributed by atoms with Crippen molar-refractivity contribution in [1.29, 1.82) is 0 Å². The van der Waals surface area contributed by atoms with Gasteiger partial charge in [-0.2, -0.15) is 0 Å². The van der Waals surface area contributed by atoms with Gasteiger partial charge in [0.2, 0.25) is 0 Å². The van der Waals surface area contributed by atoms with Crippen molar-refractivity contribution in [3.63, 3.8) is 0 Å². The highest BCUT2D eigenvalue weighted by Crippen LogP contribution is 2.36. The Labute approximate surface area is 201 Å². The molecule has 0 N–H and O–H groups in total. The molecule has 0 aliphatic carbocycles. The summed E-state index contributed by atoms with van der Waals surface area (Å²) < 4.78 is 13.7. The highest BCUT2D eigenvalue weighted by molar-refractivity contribution is 8.26. The van der Waals surface area contributed by atoms with Crippen molar-refractivity contribution in [3.8, 4) is 0 Å². The van der Waals surface area contributed by atoms with Crippen LogP contribution < -0.4 is 10.5 Å². The molecule has 10 heteroatoms. The van der Waals surface area contributed by atoms with Gasteiger partial charge in [0.15, 0.2) is 5.79 Å². The Morgan fingerprint density at radius 3 is 2.64 bits per heavy atom. The van der Waals surface area contributed by atoms with E-state index in [2.05, 4.69) is 4.90 Å². The number of thiocarbonyl (C=S) groups is 1. The van der Waals surface area contributed by atoms with Gasteiger partial charge in [-0.05, 0) is 24.1 Å². The molecule has 0 bridgehead atoms. The number of amides is 1. The number of ether oxygens (including phenoxy) is 2. The number of aromatic nitrogens is 2. The van der Waals surface area contributed by atoms with Gasteiger partial charge in [0, 0.05) is 38.7 Å². The van der Waals surface area contributed by atoms with Crippen LogP contribution in [0.4, 0.5) is 5.82 Å². The first-order valence-electron chi connectivity index (χ1n) is 11.2. The fourth-order valence-corrected chi connectivity index (χ4v) is 5.71. The molecule has 2 aromatic heterocycles. The molecule has 5 heterocycles. The first kappa shape index (κ1) is 22.5. The van der Waals surface area contributed by atoms with Gasteiger partial charge in [0.25, 0.3) is 11.5 Å². The molecule has 33 heavy (non-hydrogen) atoms. The van der Waals surface area contributed by atoms with Crippen molar-refractivity contribution in [1.82, 2.24) is 14.3 Å². The maximum atomic E-state index is 13.5. The Balaban J connectivity index is 1.55. The van der Waals surface area contributed by atoms with E-state index in [0.717, 1.165) is 0 Å². The molecule has 0 aromatic carbocycles. The molecule has 3 fully saturated rings. The molecule has 0 radical (unpaired) electrons. The number of nitrogens with zero attached hydrogens (tertiary/aromatic N) is 4. The number of thioether (sulfide) groups is 1. The fourth-order valence-electron chi connectivity index (χ4n) is 4.46. The summed E-state index contributed by atoms with van der Waals surface area (Å²) in [4.78, 5) is 35.6. The average Bonchev–Trinajstić information content (AvgIpc) is 3.36. The van der Waals surface area contributed by atoms with Crippen LogP contribution in [-0.4, -0.2) is 63.1 Å². The molecule has 3 aliphatic heterocycles. The van der Waals surface area contributed by atoms with Crippen molar-refractivity contribution in [2.24, 2.45) is 5.92 Å². The predicted octanol–water partition coefficient (Wildman–Crippen LogP) is 2.90. The molecule has 2 aromatic rings. The number of pyridine rings is 1. The summed E-state index contributed by atoms with van der Waals surface area (Å²) in [5.41, 5.74) is 0.752. The summed E-state index contributed by atoms with van der Waals surface area (Å²) >= 11 is 6.68. The van der Waals surface area contributed by atoms with Gasteiger partial charge in [-0.25, -0.2) is 4.98 Å². The zero-order valence-electron chi connectivity index (χ0n) is 18.7. The molecular weight excluding hydrogens is 460 g/mol. The second-order valence-electron chi connectivity index (χ2n) is 8.86. The lowest BCUT2D eigenvalue weighted by atomic mass is 10.0. The Morgan fingerprint density at radius 2 is 1.94 bits per heavy atom. The molecule has 5 rings (SSSR count). The van der Waals surface area contributed by atoms with Gasteiger partial charge in [0.05, 0.1) is 23.7 Å². The van der Waals surface area contributed by atoms with Gasteiger partial charge < -0.3 is 14.4 Å². The van der Waals surface area contributed by atoms with Gasteiger partial charge in [-0.15, -0.1) is 0 Å². The number of piperidine rings is 1. The minimum absolute atomic E-state index is 0.160. The third-order valence-corrected chi connectivity index (χ3v) is 7.46. The maximum absolute atomic E-state index is 13.5. The normalized spacial score (nSPS) is 22.0. The van der Waals surface area contributed by atoms with Crippen molar-refractivity contribution in [2.45, 2.75) is 32.5 Å². The van der Waals surface area contributed by atoms with Gasteiger partial charge in [0.1, 0.15) is 15.8 Å². The van der Waals surface area contributed by atoms with E-state index >= 15 is 0 Å². The number of hydrogen-bond acceptors (Lipinski definition) is 8. The Kier molecular flexibility index (Phi) is 6.02. The highest BCUT2D eigenvalue weighted by Gasteiger charge is 2.41. The second kappa shape index (κ2) is 8.83. The smallest absolute Gasteiger partial charge is 0.267 e. The number of hydrogen-bond donors (Lipinski definition) is 0. The van der Waals surface area contributed by atoms with E-state index < -0.39 is 5.79 Å².